The van der Waals surface area contributed by atoms with Crippen LogP contribution in [-0.2, 0) is 9.53 Å². The number of rotatable bonds is 4. The SMILES string of the molecule is C=CC(=O)OC(F)C(O)CO. The van der Waals surface area contributed by atoms with Crippen molar-refractivity contribution in [2.24, 2.45) is 0 Å². The monoisotopic (exact) mass is 164 g/mol. The maximum atomic E-state index is 12.3. The smallest absolute Gasteiger partial charge is 0.332 e. The summed E-state index contributed by atoms with van der Waals surface area (Å²) in [6.07, 6.45) is -3.14. The van der Waals surface area contributed by atoms with Crippen LogP contribution in [0, 0.1) is 0 Å². The molecule has 0 aliphatic heterocycles. The Hall–Kier alpha value is -0.940. The van der Waals surface area contributed by atoms with Crippen molar-refractivity contribution in [3.63, 3.8) is 0 Å². The lowest BCUT2D eigenvalue weighted by Crippen LogP contribution is -2.29. The van der Waals surface area contributed by atoms with Gasteiger partial charge in [-0.1, -0.05) is 6.58 Å². The van der Waals surface area contributed by atoms with Crippen molar-refractivity contribution < 1.29 is 24.1 Å². The van der Waals surface area contributed by atoms with Crippen LogP contribution in [0.2, 0.25) is 0 Å². The highest BCUT2D eigenvalue weighted by Gasteiger charge is 2.19. The van der Waals surface area contributed by atoms with Gasteiger partial charge in [-0.25, -0.2) is 4.79 Å². The molecule has 0 radical (unpaired) electrons. The van der Waals surface area contributed by atoms with Crippen LogP contribution in [0.3, 0.4) is 0 Å². The zero-order chi connectivity index (χ0) is 8.85. The minimum absolute atomic E-state index is 0.761. The van der Waals surface area contributed by atoms with Gasteiger partial charge in [0, 0.05) is 6.08 Å². The van der Waals surface area contributed by atoms with Crippen molar-refractivity contribution in [2.75, 3.05) is 6.61 Å². The number of hydrogen-bond donors (Lipinski definition) is 2. The lowest BCUT2D eigenvalue weighted by atomic mass is 10.4. The molecule has 0 aromatic carbocycles. The molecule has 0 aliphatic carbocycles. The summed E-state index contributed by atoms with van der Waals surface area (Å²) in [5.41, 5.74) is 0. The Kier molecular flexibility index (Phi) is 4.40. The van der Waals surface area contributed by atoms with Crippen LogP contribution in [0.5, 0.6) is 0 Å². The average Bonchev–Trinajstić information content (AvgIpc) is 2.02. The number of carbonyl (C=O) groups excluding carboxylic acids is 1. The second-order valence-corrected chi connectivity index (χ2v) is 1.74. The van der Waals surface area contributed by atoms with Gasteiger partial charge in [-0.2, -0.15) is 4.39 Å². The first-order chi connectivity index (χ1) is 5.11. The molecule has 4 nitrogen and oxygen atoms in total. The molecule has 0 saturated heterocycles. The lowest BCUT2D eigenvalue weighted by molar-refractivity contribution is -0.166. The van der Waals surface area contributed by atoms with E-state index < -0.39 is 25.0 Å². The second kappa shape index (κ2) is 4.81. The molecule has 0 rings (SSSR count). The Bertz CT molecular complexity index is 148. The Labute approximate surface area is 62.9 Å². The van der Waals surface area contributed by atoms with Gasteiger partial charge in [-0.3, -0.25) is 0 Å². The number of aliphatic hydroxyl groups excluding tert-OH is 2. The highest BCUT2D eigenvalue weighted by molar-refractivity contribution is 5.81. The van der Waals surface area contributed by atoms with Crippen LogP contribution < -0.4 is 0 Å². The Balaban J connectivity index is 3.76. The first-order valence-electron chi connectivity index (χ1n) is 2.88. The summed E-state index contributed by atoms with van der Waals surface area (Å²) in [4.78, 5) is 10.3. The van der Waals surface area contributed by atoms with Crippen molar-refractivity contribution in [3.05, 3.63) is 12.7 Å². The molecule has 0 aliphatic rings. The third kappa shape index (κ3) is 3.69. The number of ether oxygens (including phenoxy) is 1. The van der Waals surface area contributed by atoms with Crippen LogP contribution in [0.25, 0.3) is 0 Å². The van der Waals surface area contributed by atoms with Gasteiger partial charge >= 0.3 is 5.97 Å². The van der Waals surface area contributed by atoms with Crippen molar-refractivity contribution in [2.45, 2.75) is 12.5 Å². The zero-order valence-electron chi connectivity index (χ0n) is 5.74. The number of esters is 1. The standard InChI is InChI=1S/C6H9FO4/c1-2-5(10)11-6(7)4(9)3-8/h2,4,6,8-9H,1,3H2. The number of alkyl halides is 1. The van der Waals surface area contributed by atoms with E-state index >= 15 is 0 Å². The van der Waals surface area contributed by atoms with E-state index in [0.717, 1.165) is 6.08 Å². The number of halogens is 1. The van der Waals surface area contributed by atoms with Crippen molar-refractivity contribution in [1.82, 2.24) is 0 Å². The minimum Gasteiger partial charge on any atom is -0.425 e. The topological polar surface area (TPSA) is 66.8 Å². The molecule has 0 fully saturated rings. The molecule has 5 heteroatoms. The molecular formula is C6H9FO4. The molecule has 2 N–H and O–H groups in total. The summed E-state index contributed by atoms with van der Waals surface area (Å²) in [6.45, 7) is 2.21. The first kappa shape index (κ1) is 10.1. The highest BCUT2D eigenvalue weighted by Crippen LogP contribution is 2.00. The summed E-state index contributed by atoms with van der Waals surface area (Å²) >= 11 is 0. The minimum atomic E-state index is -2.20. The molecule has 0 saturated carbocycles. The van der Waals surface area contributed by atoms with E-state index in [1.54, 1.807) is 0 Å². The van der Waals surface area contributed by atoms with Gasteiger partial charge in [0.05, 0.1) is 6.61 Å². The second-order valence-electron chi connectivity index (χ2n) is 1.74. The van der Waals surface area contributed by atoms with Gasteiger partial charge in [0.2, 0.25) is 0 Å². The summed E-state index contributed by atoms with van der Waals surface area (Å²) in [6, 6.07) is 0. The van der Waals surface area contributed by atoms with Gasteiger partial charge in [0.1, 0.15) is 6.10 Å². The molecule has 2 unspecified atom stereocenters. The van der Waals surface area contributed by atoms with Crippen LogP contribution in [0.1, 0.15) is 0 Å². The van der Waals surface area contributed by atoms with Gasteiger partial charge < -0.3 is 14.9 Å². The molecule has 0 spiro atoms. The van der Waals surface area contributed by atoms with E-state index in [-0.39, 0.29) is 0 Å². The van der Waals surface area contributed by atoms with Crippen LogP contribution >= 0.6 is 0 Å². The van der Waals surface area contributed by atoms with Crippen LogP contribution in [-0.4, -0.2) is 35.3 Å². The molecule has 0 aromatic rings. The molecule has 11 heavy (non-hydrogen) atoms. The van der Waals surface area contributed by atoms with Gasteiger partial charge in [0.25, 0.3) is 6.36 Å². The summed E-state index contributed by atoms with van der Waals surface area (Å²) in [5, 5.41) is 16.7. The molecule has 2 atom stereocenters. The van der Waals surface area contributed by atoms with E-state index in [1.165, 1.54) is 0 Å². The normalized spacial score (nSPS) is 15.2. The third-order valence-corrected chi connectivity index (χ3v) is 0.885. The largest absolute Gasteiger partial charge is 0.425 e. The zero-order valence-corrected chi connectivity index (χ0v) is 5.74. The molecule has 0 aromatic heterocycles. The molecule has 64 valence electrons. The molecule has 0 bridgehead atoms. The van der Waals surface area contributed by atoms with E-state index in [1.807, 2.05) is 0 Å². The molecule has 0 heterocycles. The Morgan fingerprint density at radius 1 is 1.82 bits per heavy atom. The molecular weight excluding hydrogens is 155 g/mol. The predicted octanol–water partition coefficient (Wildman–Crippen LogP) is -0.636. The third-order valence-electron chi connectivity index (χ3n) is 0.885. The first-order valence-corrected chi connectivity index (χ1v) is 2.88. The Morgan fingerprint density at radius 2 is 2.36 bits per heavy atom. The number of aliphatic hydroxyl groups is 2. The van der Waals surface area contributed by atoms with Crippen LogP contribution in [0.4, 0.5) is 4.39 Å². The van der Waals surface area contributed by atoms with Crippen LogP contribution in [0.15, 0.2) is 12.7 Å². The Morgan fingerprint density at radius 3 is 2.73 bits per heavy atom. The quantitative estimate of drug-likeness (QED) is 0.428. The highest BCUT2D eigenvalue weighted by atomic mass is 19.1. The maximum absolute atomic E-state index is 12.3. The van der Waals surface area contributed by atoms with E-state index in [4.69, 9.17) is 10.2 Å². The van der Waals surface area contributed by atoms with E-state index in [9.17, 15) is 9.18 Å². The number of carbonyl (C=O) groups is 1. The fourth-order valence-electron chi connectivity index (χ4n) is 0.320. The summed E-state index contributed by atoms with van der Waals surface area (Å²) in [5.74, 6) is -0.981. The lowest BCUT2D eigenvalue weighted by Gasteiger charge is -2.11. The fraction of sp³-hybridized carbons (Fsp3) is 0.500. The summed E-state index contributed by atoms with van der Waals surface area (Å²) < 4.78 is 16.3. The van der Waals surface area contributed by atoms with E-state index in [2.05, 4.69) is 11.3 Å². The fourth-order valence-corrected chi connectivity index (χ4v) is 0.320. The van der Waals surface area contributed by atoms with Crippen molar-refractivity contribution >= 4 is 5.97 Å². The summed E-state index contributed by atoms with van der Waals surface area (Å²) in [7, 11) is 0. The predicted molar refractivity (Wildman–Crippen MR) is 34.3 cm³/mol. The van der Waals surface area contributed by atoms with Gasteiger partial charge in [0.15, 0.2) is 0 Å². The van der Waals surface area contributed by atoms with Crippen molar-refractivity contribution in [3.8, 4) is 0 Å². The maximum Gasteiger partial charge on any atom is 0.332 e. The average molecular weight is 164 g/mol. The van der Waals surface area contributed by atoms with Gasteiger partial charge in [-0.05, 0) is 0 Å². The van der Waals surface area contributed by atoms with Crippen molar-refractivity contribution in [1.29, 1.82) is 0 Å². The van der Waals surface area contributed by atoms with E-state index in [0.29, 0.717) is 0 Å². The molecule has 0 amide bonds. The number of hydrogen-bond acceptors (Lipinski definition) is 4. The van der Waals surface area contributed by atoms with Gasteiger partial charge in [-0.15, -0.1) is 0 Å².